The van der Waals surface area contributed by atoms with Crippen molar-refractivity contribution >= 4 is 6.29 Å². The Balaban J connectivity index is 2.62. The van der Waals surface area contributed by atoms with Crippen molar-refractivity contribution < 1.29 is 31.1 Å². The van der Waals surface area contributed by atoms with Gasteiger partial charge in [-0.15, -0.1) is 0 Å². The van der Waals surface area contributed by atoms with Gasteiger partial charge in [0, 0.05) is 23.6 Å². The number of carbonyl (C=O) groups is 1. The largest absolute Gasteiger partial charge is 0.416 e. The van der Waals surface area contributed by atoms with Gasteiger partial charge in [0.15, 0.2) is 6.29 Å². The lowest BCUT2D eigenvalue weighted by Crippen LogP contribution is -2.12. The maximum absolute atomic E-state index is 12.7. The lowest BCUT2D eigenvalue weighted by Gasteiger charge is -2.14. The lowest BCUT2D eigenvalue weighted by atomic mass is 10.1. The summed E-state index contributed by atoms with van der Waals surface area (Å²) in [5.74, 6) is 0. The second-order valence-electron chi connectivity index (χ2n) is 4.23. The highest BCUT2D eigenvalue weighted by Gasteiger charge is 2.37. The Morgan fingerprint density at radius 3 is 1.81 bits per heavy atom. The van der Waals surface area contributed by atoms with Crippen LogP contribution in [-0.4, -0.2) is 10.9 Å². The molecule has 0 saturated carbocycles. The SMILES string of the molecule is O=Cc1ccn(-c2cc(C(F)(F)F)cc(C(F)(F)F)c2)c1. The Kier molecular flexibility index (Phi) is 3.56. The third-order valence-electron chi connectivity index (χ3n) is 2.72. The van der Waals surface area contributed by atoms with Gasteiger partial charge in [0.25, 0.3) is 0 Å². The van der Waals surface area contributed by atoms with Crippen LogP contribution in [0.25, 0.3) is 5.69 Å². The van der Waals surface area contributed by atoms with Crippen molar-refractivity contribution in [2.45, 2.75) is 12.4 Å². The highest BCUT2D eigenvalue weighted by atomic mass is 19.4. The average Bonchev–Trinajstić information content (AvgIpc) is 2.85. The van der Waals surface area contributed by atoms with Crippen molar-refractivity contribution in [3.05, 3.63) is 53.3 Å². The van der Waals surface area contributed by atoms with Gasteiger partial charge in [0.1, 0.15) is 0 Å². The van der Waals surface area contributed by atoms with E-state index in [1.807, 2.05) is 0 Å². The molecule has 0 aliphatic carbocycles. The molecular weight excluding hydrogens is 300 g/mol. The number of hydrogen-bond acceptors (Lipinski definition) is 1. The van der Waals surface area contributed by atoms with E-state index in [9.17, 15) is 31.1 Å². The summed E-state index contributed by atoms with van der Waals surface area (Å²) in [5.41, 5.74) is -3.01. The molecule has 2 aromatic rings. The molecule has 0 aliphatic rings. The molecule has 0 saturated heterocycles. The average molecular weight is 307 g/mol. The fourth-order valence-electron chi connectivity index (χ4n) is 1.73. The summed E-state index contributed by atoms with van der Waals surface area (Å²) in [5, 5.41) is 0. The van der Waals surface area contributed by atoms with Gasteiger partial charge in [-0.05, 0) is 24.3 Å². The number of aromatic nitrogens is 1. The third kappa shape index (κ3) is 3.26. The van der Waals surface area contributed by atoms with Gasteiger partial charge in [0.05, 0.1) is 11.1 Å². The van der Waals surface area contributed by atoms with Crippen molar-refractivity contribution in [1.82, 2.24) is 4.57 Å². The number of nitrogens with zero attached hydrogens (tertiary/aromatic N) is 1. The van der Waals surface area contributed by atoms with Crippen LogP contribution in [0, 0.1) is 0 Å². The minimum absolute atomic E-state index is 0.0492. The highest BCUT2D eigenvalue weighted by molar-refractivity contribution is 5.74. The zero-order valence-corrected chi connectivity index (χ0v) is 10.2. The highest BCUT2D eigenvalue weighted by Crippen LogP contribution is 2.37. The molecule has 0 radical (unpaired) electrons. The molecule has 0 bridgehead atoms. The van der Waals surface area contributed by atoms with Crippen LogP contribution in [-0.2, 0) is 12.4 Å². The Bertz CT molecular complexity index is 636. The molecule has 0 N–H and O–H groups in total. The molecule has 1 aromatic heterocycles. The molecule has 1 heterocycles. The zero-order valence-electron chi connectivity index (χ0n) is 10.2. The molecule has 0 amide bonds. The summed E-state index contributed by atoms with van der Waals surface area (Å²) < 4.78 is 77.2. The summed E-state index contributed by atoms with van der Waals surface area (Å²) in [4.78, 5) is 10.5. The van der Waals surface area contributed by atoms with Crippen LogP contribution in [0.5, 0.6) is 0 Å². The molecule has 0 unspecified atom stereocenters. The fourth-order valence-corrected chi connectivity index (χ4v) is 1.73. The van der Waals surface area contributed by atoms with Gasteiger partial charge in [-0.2, -0.15) is 26.3 Å². The second kappa shape index (κ2) is 4.94. The van der Waals surface area contributed by atoms with Crippen molar-refractivity contribution in [3.63, 3.8) is 0 Å². The Hall–Kier alpha value is -2.25. The predicted molar refractivity (Wildman–Crippen MR) is 61.2 cm³/mol. The van der Waals surface area contributed by atoms with E-state index in [1.165, 1.54) is 12.3 Å². The molecule has 2 rings (SSSR count). The monoisotopic (exact) mass is 307 g/mol. The van der Waals surface area contributed by atoms with Gasteiger partial charge in [-0.1, -0.05) is 0 Å². The van der Waals surface area contributed by atoms with Gasteiger partial charge >= 0.3 is 12.4 Å². The summed E-state index contributed by atoms with van der Waals surface area (Å²) >= 11 is 0. The van der Waals surface area contributed by atoms with E-state index in [1.54, 1.807) is 0 Å². The standard InChI is InChI=1S/C13H7F6NO/c14-12(15,16)9-3-10(13(17,18)19)5-11(4-9)20-2-1-8(6-20)7-21/h1-7H. The topological polar surface area (TPSA) is 22.0 Å². The summed E-state index contributed by atoms with van der Waals surface area (Å²) in [7, 11) is 0. The first-order valence-electron chi connectivity index (χ1n) is 5.54. The fraction of sp³-hybridized carbons (Fsp3) is 0.154. The molecule has 112 valence electrons. The molecule has 0 aliphatic heterocycles. The van der Waals surface area contributed by atoms with Gasteiger partial charge in [-0.25, -0.2) is 0 Å². The van der Waals surface area contributed by atoms with Crippen LogP contribution in [0.1, 0.15) is 21.5 Å². The molecule has 8 heteroatoms. The van der Waals surface area contributed by atoms with E-state index in [2.05, 4.69) is 0 Å². The van der Waals surface area contributed by atoms with Gasteiger partial charge < -0.3 is 4.57 Å². The van der Waals surface area contributed by atoms with Crippen LogP contribution in [0.2, 0.25) is 0 Å². The lowest BCUT2D eigenvalue weighted by molar-refractivity contribution is -0.143. The predicted octanol–water partition coefficient (Wildman–Crippen LogP) is 4.33. The van der Waals surface area contributed by atoms with E-state index < -0.39 is 23.5 Å². The zero-order chi connectivity index (χ0) is 15.8. The third-order valence-corrected chi connectivity index (χ3v) is 2.72. The molecule has 2 nitrogen and oxygen atoms in total. The summed E-state index contributed by atoms with van der Waals surface area (Å²) in [6.07, 6.45) is -7.02. The van der Waals surface area contributed by atoms with E-state index in [-0.39, 0.29) is 17.3 Å². The second-order valence-corrected chi connectivity index (χ2v) is 4.23. The van der Waals surface area contributed by atoms with Crippen LogP contribution in [0.15, 0.2) is 36.7 Å². The van der Waals surface area contributed by atoms with Crippen molar-refractivity contribution in [3.8, 4) is 5.69 Å². The first kappa shape index (κ1) is 15.1. The molecule has 0 fully saturated rings. The first-order chi connectivity index (χ1) is 9.61. The minimum atomic E-state index is -4.91. The molecule has 0 atom stereocenters. The number of halogens is 6. The summed E-state index contributed by atoms with van der Waals surface area (Å²) in [6.45, 7) is 0. The quantitative estimate of drug-likeness (QED) is 0.598. The summed E-state index contributed by atoms with van der Waals surface area (Å²) in [6, 6.07) is 2.50. The number of alkyl halides is 6. The Morgan fingerprint density at radius 1 is 0.905 bits per heavy atom. The molecule has 1 aromatic carbocycles. The molecular formula is C13H7F6NO. The van der Waals surface area contributed by atoms with Crippen LogP contribution in [0.3, 0.4) is 0 Å². The van der Waals surface area contributed by atoms with Crippen molar-refractivity contribution in [2.75, 3.05) is 0 Å². The van der Waals surface area contributed by atoms with Crippen molar-refractivity contribution in [1.29, 1.82) is 0 Å². The van der Waals surface area contributed by atoms with Gasteiger partial charge in [-0.3, -0.25) is 4.79 Å². The van der Waals surface area contributed by atoms with Gasteiger partial charge in [0.2, 0.25) is 0 Å². The van der Waals surface area contributed by atoms with Crippen LogP contribution < -0.4 is 0 Å². The van der Waals surface area contributed by atoms with E-state index in [0.29, 0.717) is 18.4 Å². The smallest absolute Gasteiger partial charge is 0.323 e. The Morgan fingerprint density at radius 2 is 1.43 bits per heavy atom. The number of benzene rings is 1. The maximum atomic E-state index is 12.7. The number of aldehydes is 1. The molecule has 0 spiro atoms. The molecule has 21 heavy (non-hydrogen) atoms. The van der Waals surface area contributed by atoms with Crippen LogP contribution in [0.4, 0.5) is 26.3 Å². The number of rotatable bonds is 2. The van der Waals surface area contributed by atoms with E-state index >= 15 is 0 Å². The maximum Gasteiger partial charge on any atom is 0.416 e. The number of hydrogen-bond donors (Lipinski definition) is 0. The van der Waals surface area contributed by atoms with E-state index in [0.717, 1.165) is 10.8 Å². The normalized spacial score (nSPS) is 12.5. The Labute approximate surface area is 114 Å². The van der Waals surface area contributed by atoms with Crippen LogP contribution >= 0.6 is 0 Å². The van der Waals surface area contributed by atoms with Crippen molar-refractivity contribution in [2.24, 2.45) is 0 Å². The minimum Gasteiger partial charge on any atom is -0.323 e. The number of carbonyl (C=O) groups excluding carboxylic acids is 1. The van der Waals surface area contributed by atoms with E-state index in [4.69, 9.17) is 0 Å². The first-order valence-corrected chi connectivity index (χ1v) is 5.54.